The third kappa shape index (κ3) is 3.86. The van der Waals surface area contributed by atoms with E-state index in [4.69, 9.17) is 24.3 Å². The van der Waals surface area contributed by atoms with Gasteiger partial charge >= 0.3 is 0 Å². The molecular formula is C28H24N8O3. The van der Waals surface area contributed by atoms with Gasteiger partial charge in [-0.15, -0.1) is 10.2 Å². The molecule has 0 amide bonds. The number of ether oxygens (including phenoxy) is 3. The zero-order chi connectivity index (χ0) is 26.5. The number of para-hydroxylation sites is 2. The van der Waals surface area contributed by atoms with Crippen molar-refractivity contribution in [1.82, 2.24) is 39.6 Å². The Hall–Kier alpha value is -5.19. The van der Waals surface area contributed by atoms with Crippen LogP contribution in [0.2, 0.25) is 0 Å². The van der Waals surface area contributed by atoms with E-state index in [-0.39, 0.29) is 5.92 Å². The molecule has 6 aromatic rings. The molecule has 0 aliphatic carbocycles. The van der Waals surface area contributed by atoms with Gasteiger partial charge in [0.05, 0.1) is 24.8 Å². The number of methoxy groups -OCH3 is 1. The van der Waals surface area contributed by atoms with Gasteiger partial charge in [0.25, 0.3) is 0 Å². The topological polar surface area (TPSA) is 117 Å². The molecule has 194 valence electrons. The number of rotatable bonds is 6. The lowest BCUT2D eigenvalue weighted by Gasteiger charge is -2.24. The molecule has 1 aliphatic rings. The van der Waals surface area contributed by atoms with Crippen LogP contribution in [0.25, 0.3) is 17.0 Å². The summed E-state index contributed by atoms with van der Waals surface area (Å²) >= 11 is 0. The lowest BCUT2D eigenvalue weighted by molar-refractivity contribution is 0.284. The minimum Gasteiger partial charge on any atom is -0.493 e. The van der Waals surface area contributed by atoms with Crippen LogP contribution in [-0.2, 0) is 13.7 Å². The van der Waals surface area contributed by atoms with Crippen LogP contribution in [0, 0.1) is 6.92 Å². The second-order valence-electron chi connectivity index (χ2n) is 9.35. The van der Waals surface area contributed by atoms with E-state index in [0.29, 0.717) is 41.3 Å². The van der Waals surface area contributed by atoms with Gasteiger partial charge in [0, 0.05) is 35.6 Å². The number of aromatic nitrogens is 8. The SMILES string of the molecule is COc1ccccc1OCc1ccc(-c2nc3c4c(ncn3n2)Oc2n[nH]c(C)c2[C@H]4c2cnn(C)c2)cc1. The number of nitrogens with one attached hydrogen (secondary N) is 1. The van der Waals surface area contributed by atoms with Crippen molar-refractivity contribution < 1.29 is 14.2 Å². The van der Waals surface area contributed by atoms with E-state index in [1.165, 1.54) is 0 Å². The zero-order valence-electron chi connectivity index (χ0n) is 21.5. The second-order valence-corrected chi connectivity index (χ2v) is 9.35. The quantitative estimate of drug-likeness (QED) is 0.342. The molecule has 4 aromatic heterocycles. The first-order valence-corrected chi connectivity index (χ1v) is 12.4. The van der Waals surface area contributed by atoms with E-state index in [1.54, 1.807) is 22.6 Å². The molecular weight excluding hydrogens is 496 g/mol. The highest BCUT2D eigenvalue weighted by Crippen LogP contribution is 2.48. The van der Waals surface area contributed by atoms with Gasteiger partial charge < -0.3 is 14.2 Å². The van der Waals surface area contributed by atoms with Crippen molar-refractivity contribution in [2.45, 2.75) is 19.4 Å². The van der Waals surface area contributed by atoms with Gasteiger partial charge in [-0.05, 0) is 24.6 Å². The fraction of sp³-hybridized carbons (Fsp3) is 0.179. The Morgan fingerprint density at radius 3 is 2.62 bits per heavy atom. The molecule has 11 heteroatoms. The summed E-state index contributed by atoms with van der Waals surface area (Å²) in [5, 5.41) is 16.5. The highest BCUT2D eigenvalue weighted by atomic mass is 16.5. The van der Waals surface area contributed by atoms with Crippen molar-refractivity contribution >= 4 is 5.65 Å². The second kappa shape index (κ2) is 8.98. The van der Waals surface area contributed by atoms with Crippen LogP contribution < -0.4 is 14.2 Å². The van der Waals surface area contributed by atoms with E-state index < -0.39 is 0 Å². The van der Waals surface area contributed by atoms with E-state index in [2.05, 4.69) is 20.3 Å². The molecule has 7 rings (SSSR count). The minimum absolute atomic E-state index is 0.209. The van der Waals surface area contributed by atoms with Crippen LogP contribution in [0.4, 0.5) is 0 Å². The number of aromatic amines is 1. The molecule has 0 unspecified atom stereocenters. The van der Waals surface area contributed by atoms with Crippen LogP contribution in [-0.4, -0.2) is 46.7 Å². The molecule has 1 aliphatic heterocycles. The maximum atomic E-state index is 6.09. The third-order valence-electron chi connectivity index (χ3n) is 6.85. The Kier molecular flexibility index (Phi) is 5.29. The van der Waals surface area contributed by atoms with Gasteiger partial charge in [0.15, 0.2) is 23.0 Å². The predicted molar refractivity (Wildman–Crippen MR) is 141 cm³/mol. The average Bonchev–Trinajstić information content (AvgIpc) is 3.69. The van der Waals surface area contributed by atoms with Crippen LogP contribution in [0.1, 0.15) is 33.9 Å². The van der Waals surface area contributed by atoms with Crippen LogP contribution in [0.3, 0.4) is 0 Å². The molecule has 0 bridgehead atoms. The lowest BCUT2D eigenvalue weighted by Crippen LogP contribution is -2.14. The molecule has 0 saturated heterocycles. The van der Waals surface area contributed by atoms with Crippen molar-refractivity contribution in [2.75, 3.05) is 7.11 Å². The molecule has 0 radical (unpaired) electrons. The van der Waals surface area contributed by atoms with Gasteiger partial charge in [-0.25, -0.2) is 14.5 Å². The maximum absolute atomic E-state index is 6.09. The molecule has 0 fully saturated rings. The van der Waals surface area contributed by atoms with Crippen molar-refractivity contribution in [2.24, 2.45) is 7.05 Å². The molecule has 2 aromatic carbocycles. The van der Waals surface area contributed by atoms with Gasteiger partial charge in [-0.1, -0.05) is 36.4 Å². The van der Waals surface area contributed by atoms with E-state index in [1.807, 2.05) is 74.9 Å². The fourth-order valence-corrected chi connectivity index (χ4v) is 4.96. The number of nitrogens with zero attached hydrogens (tertiary/aromatic N) is 7. The first-order valence-electron chi connectivity index (χ1n) is 12.4. The minimum atomic E-state index is -0.209. The number of H-pyrrole nitrogens is 1. The van der Waals surface area contributed by atoms with E-state index in [0.717, 1.165) is 33.5 Å². The maximum Gasteiger partial charge on any atom is 0.244 e. The standard InChI is InChI=1S/C28H24N8O3/c1-16-22-23(19-12-30-35(2)13-19)24-26-31-25(34-36(26)15-29-27(24)39-28(22)33-32-16)18-10-8-17(9-11-18)14-38-21-7-5-4-6-20(21)37-3/h4-13,15,23H,14H2,1-3H3,(H,32,33)/t23-/m1/s1. The Labute approximate surface area is 223 Å². The molecule has 11 nitrogen and oxygen atoms in total. The lowest BCUT2D eigenvalue weighted by atomic mass is 9.86. The summed E-state index contributed by atoms with van der Waals surface area (Å²) in [5.41, 5.74) is 6.23. The Balaban J connectivity index is 1.23. The summed E-state index contributed by atoms with van der Waals surface area (Å²) in [6.07, 6.45) is 5.45. The van der Waals surface area contributed by atoms with Crippen molar-refractivity contribution in [3.8, 4) is 34.6 Å². The largest absolute Gasteiger partial charge is 0.493 e. The summed E-state index contributed by atoms with van der Waals surface area (Å²) in [5.74, 6) is 2.74. The first-order chi connectivity index (χ1) is 19.1. The van der Waals surface area contributed by atoms with E-state index in [9.17, 15) is 0 Å². The van der Waals surface area contributed by atoms with Gasteiger partial charge in [-0.2, -0.15) is 5.10 Å². The molecule has 39 heavy (non-hydrogen) atoms. The normalized spacial score (nSPS) is 14.1. The zero-order valence-corrected chi connectivity index (χ0v) is 21.5. The van der Waals surface area contributed by atoms with Crippen LogP contribution >= 0.6 is 0 Å². The summed E-state index contributed by atoms with van der Waals surface area (Å²) in [4.78, 5) is 9.49. The molecule has 5 heterocycles. The molecule has 1 N–H and O–H groups in total. The number of aryl methyl sites for hydroxylation is 2. The number of hydrogen-bond acceptors (Lipinski definition) is 8. The molecule has 0 spiro atoms. The fourth-order valence-electron chi connectivity index (χ4n) is 4.96. The van der Waals surface area contributed by atoms with Crippen molar-refractivity contribution in [3.63, 3.8) is 0 Å². The Bertz CT molecular complexity index is 1820. The Morgan fingerprint density at radius 2 is 1.85 bits per heavy atom. The molecule has 0 saturated carbocycles. The first kappa shape index (κ1) is 23.0. The smallest absolute Gasteiger partial charge is 0.244 e. The van der Waals surface area contributed by atoms with Crippen molar-refractivity contribution in [3.05, 3.63) is 95.2 Å². The van der Waals surface area contributed by atoms with Gasteiger partial charge in [0.2, 0.25) is 11.8 Å². The van der Waals surface area contributed by atoms with Crippen LogP contribution in [0.5, 0.6) is 23.3 Å². The highest BCUT2D eigenvalue weighted by molar-refractivity contribution is 5.68. The summed E-state index contributed by atoms with van der Waals surface area (Å²) in [6, 6.07) is 15.6. The predicted octanol–water partition coefficient (Wildman–Crippen LogP) is 4.43. The average molecular weight is 521 g/mol. The monoisotopic (exact) mass is 520 g/mol. The van der Waals surface area contributed by atoms with Crippen molar-refractivity contribution in [1.29, 1.82) is 0 Å². The summed E-state index contributed by atoms with van der Waals surface area (Å²) in [6.45, 7) is 2.39. The van der Waals surface area contributed by atoms with E-state index >= 15 is 0 Å². The number of benzene rings is 2. The van der Waals surface area contributed by atoms with Crippen LogP contribution in [0.15, 0.2) is 67.3 Å². The van der Waals surface area contributed by atoms with Gasteiger partial charge in [0.1, 0.15) is 12.9 Å². The summed E-state index contributed by atoms with van der Waals surface area (Å²) < 4.78 is 20.9. The third-order valence-corrected chi connectivity index (χ3v) is 6.85. The number of fused-ring (bicyclic) bond motifs is 4. The number of hydrogen-bond donors (Lipinski definition) is 1. The van der Waals surface area contributed by atoms with Gasteiger partial charge in [-0.3, -0.25) is 9.78 Å². The Morgan fingerprint density at radius 1 is 1.03 bits per heavy atom. The molecule has 1 atom stereocenters. The summed E-state index contributed by atoms with van der Waals surface area (Å²) in [7, 11) is 3.53. The highest BCUT2D eigenvalue weighted by Gasteiger charge is 2.37.